The quantitative estimate of drug-likeness (QED) is 0.770. The molecule has 0 unspecified atom stereocenters. The largest absolute Gasteiger partial charge is 0.314 e. The normalized spacial score (nSPS) is 17.8. The van der Waals surface area contributed by atoms with E-state index in [2.05, 4.69) is 0 Å². The number of rotatable bonds is 4. The number of carbonyl (C=O) groups is 2. The summed E-state index contributed by atoms with van der Waals surface area (Å²) in [6.07, 6.45) is 4.07. The molecule has 2 amide bonds. The van der Waals surface area contributed by atoms with Crippen LogP contribution in [-0.4, -0.2) is 26.7 Å². The van der Waals surface area contributed by atoms with E-state index in [-0.39, 0.29) is 23.0 Å². The Bertz CT molecular complexity index is 828. The monoisotopic (exact) mass is 344 g/mol. The van der Waals surface area contributed by atoms with Crippen molar-refractivity contribution in [3.63, 3.8) is 0 Å². The number of imide groups is 1. The van der Waals surface area contributed by atoms with Gasteiger partial charge in [-0.2, -0.15) is 0 Å². The molecule has 2 aromatic rings. The summed E-state index contributed by atoms with van der Waals surface area (Å²) in [5.41, 5.74) is 1.05. The molecule has 0 N–H and O–H groups in total. The van der Waals surface area contributed by atoms with Crippen molar-refractivity contribution in [3.8, 4) is 5.69 Å². The van der Waals surface area contributed by atoms with Gasteiger partial charge in [-0.25, -0.2) is 4.39 Å². The van der Waals surface area contributed by atoms with Crippen LogP contribution in [0.2, 0.25) is 0 Å². The molecular formula is C18H17FN2O2S. The number of hydrogen-bond donors (Lipinski definition) is 0. The second-order valence-corrected chi connectivity index (χ2v) is 6.56. The van der Waals surface area contributed by atoms with E-state index < -0.39 is 0 Å². The Balaban J connectivity index is 1.97. The first-order chi connectivity index (χ1) is 11.5. The molecule has 2 heterocycles. The van der Waals surface area contributed by atoms with Gasteiger partial charge < -0.3 is 4.57 Å². The molecule has 1 aromatic heterocycles. The van der Waals surface area contributed by atoms with Gasteiger partial charge in [0.05, 0.1) is 10.6 Å². The van der Waals surface area contributed by atoms with Crippen molar-refractivity contribution in [2.24, 2.45) is 0 Å². The fourth-order valence-corrected chi connectivity index (χ4v) is 3.47. The van der Waals surface area contributed by atoms with E-state index in [1.807, 2.05) is 13.8 Å². The Morgan fingerprint density at radius 1 is 1.21 bits per heavy atom. The predicted molar refractivity (Wildman–Crippen MR) is 93.3 cm³/mol. The fourth-order valence-electron chi connectivity index (χ4n) is 2.55. The standard InChI is InChI=1S/C18H17FN2O2S/c1-3-12(2)21-17(22)16(24-18(21)23)11-13-7-6-10-20(13)15-9-5-4-8-14(15)19/h4-12H,3H2,1-2H3/b16-11-/t12-/m1/s1. The molecule has 1 fully saturated rings. The fraction of sp³-hybridized carbons (Fsp3) is 0.222. The molecule has 0 aliphatic carbocycles. The highest BCUT2D eigenvalue weighted by Gasteiger charge is 2.37. The molecule has 0 radical (unpaired) electrons. The number of benzene rings is 1. The SMILES string of the molecule is CC[C@@H](C)N1C(=O)S/C(=C\c2cccn2-c2ccccc2F)C1=O. The number of nitrogens with zero attached hydrogens (tertiary/aromatic N) is 2. The second-order valence-electron chi connectivity index (χ2n) is 5.56. The van der Waals surface area contributed by atoms with E-state index in [9.17, 15) is 14.0 Å². The van der Waals surface area contributed by atoms with E-state index in [1.165, 1.54) is 11.0 Å². The molecule has 124 valence electrons. The molecular weight excluding hydrogens is 327 g/mol. The lowest BCUT2D eigenvalue weighted by atomic mass is 10.2. The first-order valence-electron chi connectivity index (χ1n) is 7.72. The predicted octanol–water partition coefficient (Wildman–Crippen LogP) is 4.45. The number of hydrogen-bond acceptors (Lipinski definition) is 3. The Labute approximate surface area is 144 Å². The third-order valence-electron chi connectivity index (χ3n) is 4.03. The molecule has 0 saturated carbocycles. The van der Waals surface area contributed by atoms with E-state index in [0.29, 0.717) is 22.7 Å². The van der Waals surface area contributed by atoms with Crippen molar-refractivity contribution in [2.45, 2.75) is 26.3 Å². The van der Waals surface area contributed by atoms with Gasteiger partial charge in [0.25, 0.3) is 11.1 Å². The molecule has 1 aliphatic rings. The van der Waals surface area contributed by atoms with Crippen LogP contribution in [0.5, 0.6) is 0 Å². The maximum Gasteiger partial charge on any atom is 0.293 e. The Morgan fingerprint density at radius 3 is 2.67 bits per heavy atom. The van der Waals surface area contributed by atoms with Gasteiger partial charge in [0.1, 0.15) is 5.82 Å². The van der Waals surface area contributed by atoms with Gasteiger partial charge in [0, 0.05) is 17.9 Å². The maximum atomic E-state index is 14.0. The first kappa shape index (κ1) is 16.5. The van der Waals surface area contributed by atoms with Gasteiger partial charge >= 0.3 is 0 Å². The van der Waals surface area contributed by atoms with Crippen molar-refractivity contribution < 1.29 is 14.0 Å². The minimum Gasteiger partial charge on any atom is -0.314 e. The summed E-state index contributed by atoms with van der Waals surface area (Å²) in [4.78, 5) is 26.2. The Morgan fingerprint density at radius 2 is 1.96 bits per heavy atom. The van der Waals surface area contributed by atoms with Crippen LogP contribution in [-0.2, 0) is 4.79 Å². The molecule has 4 nitrogen and oxygen atoms in total. The lowest BCUT2D eigenvalue weighted by Gasteiger charge is -2.19. The van der Waals surface area contributed by atoms with Crippen LogP contribution >= 0.6 is 11.8 Å². The third-order valence-corrected chi connectivity index (χ3v) is 4.91. The second kappa shape index (κ2) is 6.65. The minimum atomic E-state index is -0.351. The zero-order chi connectivity index (χ0) is 17.3. The van der Waals surface area contributed by atoms with Gasteiger partial charge in [0.2, 0.25) is 0 Å². The minimum absolute atomic E-state index is 0.137. The van der Waals surface area contributed by atoms with E-state index >= 15 is 0 Å². The maximum absolute atomic E-state index is 14.0. The summed E-state index contributed by atoms with van der Waals surface area (Å²) < 4.78 is 15.7. The zero-order valence-electron chi connectivity index (χ0n) is 13.4. The highest BCUT2D eigenvalue weighted by Crippen LogP contribution is 2.34. The Kier molecular flexibility index (Phi) is 4.57. The third kappa shape index (κ3) is 2.89. The molecule has 1 aliphatic heterocycles. The summed E-state index contributed by atoms with van der Waals surface area (Å²) in [6.45, 7) is 3.78. The zero-order valence-corrected chi connectivity index (χ0v) is 14.2. The highest BCUT2D eigenvalue weighted by atomic mass is 32.2. The van der Waals surface area contributed by atoms with Gasteiger partial charge in [-0.15, -0.1) is 0 Å². The lowest BCUT2D eigenvalue weighted by molar-refractivity contribution is -0.124. The summed E-state index contributed by atoms with van der Waals surface area (Å²) in [7, 11) is 0. The summed E-state index contributed by atoms with van der Waals surface area (Å²) in [6, 6.07) is 9.84. The van der Waals surface area contributed by atoms with Gasteiger partial charge in [0.15, 0.2) is 0 Å². The van der Waals surface area contributed by atoms with Gasteiger partial charge in [-0.3, -0.25) is 14.5 Å². The molecule has 1 saturated heterocycles. The summed E-state index contributed by atoms with van der Waals surface area (Å²) >= 11 is 0.923. The van der Waals surface area contributed by atoms with Crippen LogP contribution in [0.15, 0.2) is 47.5 Å². The van der Waals surface area contributed by atoms with Gasteiger partial charge in [-0.1, -0.05) is 19.1 Å². The number of carbonyl (C=O) groups excluding carboxylic acids is 2. The van der Waals surface area contributed by atoms with Crippen LogP contribution in [0.4, 0.5) is 9.18 Å². The van der Waals surface area contributed by atoms with Crippen molar-refractivity contribution in [1.82, 2.24) is 9.47 Å². The van der Waals surface area contributed by atoms with Gasteiger partial charge in [-0.05, 0) is 55.4 Å². The average Bonchev–Trinajstić information content (AvgIpc) is 3.12. The number of aromatic nitrogens is 1. The van der Waals surface area contributed by atoms with Crippen molar-refractivity contribution >= 4 is 29.0 Å². The molecule has 24 heavy (non-hydrogen) atoms. The molecule has 0 bridgehead atoms. The molecule has 6 heteroatoms. The van der Waals surface area contributed by atoms with E-state index in [4.69, 9.17) is 0 Å². The number of thioether (sulfide) groups is 1. The number of halogens is 1. The topological polar surface area (TPSA) is 42.3 Å². The van der Waals surface area contributed by atoms with Crippen LogP contribution in [0.1, 0.15) is 26.0 Å². The molecule has 3 rings (SSSR count). The summed E-state index contributed by atoms with van der Waals surface area (Å²) in [5.74, 6) is -0.642. The first-order valence-corrected chi connectivity index (χ1v) is 8.54. The van der Waals surface area contributed by atoms with E-state index in [0.717, 1.165) is 11.8 Å². The van der Waals surface area contributed by atoms with Crippen molar-refractivity contribution in [1.29, 1.82) is 0 Å². The van der Waals surface area contributed by atoms with Crippen LogP contribution in [0.25, 0.3) is 11.8 Å². The molecule has 1 aromatic carbocycles. The average molecular weight is 344 g/mol. The highest BCUT2D eigenvalue weighted by molar-refractivity contribution is 8.18. The van der Waals surface area contributed by atoms with Crippen molar-refractivity contribution in [2.75, 3.05) is 0 Å². The molecule has 0 spiro atoms. The number of para-hydroxylation sites is 1. The smallest absolute Gasteiger partial charge is 0.293 e. The Hall–Kier alpha value is -2.34. The van der Waals surface area contributed by atoms with Crippen LogP contribution in [0.3, 0.4) is 0 Å². The number of amides is 2. The molecule has 1 atom stereocenters. The van der Waals surface area contributed by atoms with Crippen molar-refractivity contribution in [3.05, 3.63) is 59.0 Å². The lowest BCUT2D eigenvalue weighted by Crippen LogP contribution is -2.36. The van der Waals surface area contributed by atoms with E-state index in [1.54, 1.807) is 47.2 Å². The summed E-state index contributed by atoms with van der Waals surface area (Å²) in [5, 5.41) is -0.260. The van der Waals surface area contributed by atoms with Crippen LogP contribution < -0.4 is 0 Å². The van der Waals surface area contributed by atoms with Crippen LogP contribution in [0, 0.1) is 5.82 Å².